The van der Waals surface area contributed by atoms with E-state index < -0.39 is 10.0 Å². The normalized spacial score (nSPS) is 18.9. The Balaban J connectivity index is 2.05. The van der Waals surface area contributed by atoms with Gasteiger partial charge in [0.1, 0.15) is 0 Å². The molecule has 6 nitrogen and oxygen atoms in total. The number of hydrogen-bond donors (Lipinski definition) is 1. The summed E-state index contributed by atoms with van der Waals surface area (Å²) >= 11 is 0. The van der Waals surface area contributed by atoms with E-state index >= 15 is 0 Å². The van der Waals surface area contributed by atoms with E-state index in [0.29, 0.717) is 6.54 Å². The number of amides is 1. The molecule has 7 heteroatoms. The molecule has 1 N–H and O–H groups in total. The van der Waals surface area contributed by atoms with E-state index in [9.17, 15) is 13.2 Å². The van der Waals surface area contributed by atoms with E-state index in [0.717, 1.165) is 23.7 Å². The Kier molecular flexibility index (Phi) is 5.55. The minimum atomic E-state index is -3.62. The van der Waals surface area contributed by atoms with Gasteiger partial charge in [0.05, 0.1) is 11.4 Å². The van der Waals surface area contributed by atoms with Crippen molar-refractivity contribution in [2.45, 2.75) is 23.8 Å². The molecule has 0 aromatic heterocycles. The van der Waals surface area contributed by atoms with Gasteiger partial charge in [-0.05, 0) is 32.0 Å². The number of sulfonamides is 1. The Hall–Kier alpha value is -1.44. The summed E-state index contributed by atoms with van der Waals surface area (Å²) in [5, 5.41) is 3.08. The molecule has 0 radical (unpaired) electrons. The van der Waals surface area contributed by atoms with E-state index in [1.54, 1.807) is 23.1 Å². The van der Waals surface area contributed by atoms with Gasteiger partial charge in [-0.3, -0.25) is 4.79 Å². The molecule has 1 fully saturated rings. The number of hydrogen-bond acceptors (Lipinski definition) is 4. The lowest BCUT2D eigenvalue weighted by Gasteiger charge is -2.26. The van der Waals surface area contributed by atoms with Crippen LogP contribution in [0.4, 0.5) is 0 Å². The van der Waals surface area contributed by atoms with Crippen LogP contribution in [-0.2, 0) is 14.8 Å². The highest BCUT2D eigenvalue weighted by Crippen LogP contribution is 2.18. The molecule has 0 saturated carbocycles. The smallest absolute Gasteiger partial charge is 0.243 e. The number of carbonyl (C=O) groups is 1. The maximum Gasteiger partial charge on any atom is 0.243 e. The van der Waals surface area contributed by atoms with Crippen molar-refractivity contribution < 1.29 is 13.2 Å². The van der Waals surface area contributed by atoms with Gasteiger partial charge in [0.2, 0.25) is 15.9 Å². The summed E-state index contributed by atoms with van der Waals surface area (Å²) in [6, 6.07) is 8.34. The van der Waals surface area contributed by atoms with Crippen molar-refractivity contribution in [3.8, 4) is 0 Å². The number of likely N-dealkylation sites (N-methyl/N-ethyl adjacent to an activating group) is 2. The van der Waals surface area contributed by atoms with Crippen LogP contribution in [0.3, 0.4) is 0 Å². The van der Waals surface area contributed by atoms with E-state index in [2.05, 4.69) is 5.32 Å². The molecule has 1 aliphatic heterocycles. The summed E-state index contributed by atoms with van der Waals surface area (Å²) in [4.78, 5) is 14.4. The standard InChI is InChI=1S/C15H23N3O3S/c1-16-11-13-7-6-10-18(13)15(19)12-17(2)22(20,21)14-8-4-3-5-9-14/h3-5,8-9,13,16H,6-7,10-12H2,1-2H3. The average Bonchev–Trinajstić information content (AvgIpc) is 2.97. The highest BCUT2D eigenvalue weighted by molar-refractivity contribution is 7.89. The number of likely N-dealkylation sites (tertiary alicyclic amines) is 1. The number of nitrogens with zero attached hydrogens (tertiary/aromatic N) is 2. The number of benzene rings is 1. The highest BCUT2D eigenvalue weighted by Gasteiger charge is 2.31. The van der Waals surface area contributed by atoms with E-state index in [1.807, 2.05) is 7.05 Å². The predicted molar refractivity (Wildman–Crippen MR) is 84.9 cm³/mol. The summed E-state index contributed by atoms with van der Waals surface area (Å²) in [6.45, 7) is 1.31. The number of rotatable bonds is 6. The molecular formula is C15H23N3O3S. The molecule has 0 spiro atoms. The summed E-state index contributed by atoms with van der Waals surface area (Å²) in [6.07, 6.45) is 1.93. The first-order valence-electron chi connectivity index (χ1n) is 7.42. The molecule has 1 aliphatic rings. The van der Waals surface area contributed by atoms with Crippen LogP contribution in [-0.4, -0.2) is 63.3 Å². The molecule has 0 bridgehead atoms. The maximum absolute atomic E-state index is 12.4. The SMILES string of the molecule is CNCC1CCCN1C(=O)CN(C)S(=O)(=O)c1ccccc1. The molecule has 1 heterocycles. The van der Waals surface area contributed by atoms with Crippen molar-refractivity contribution in [2.75, 3.05) is 33.7 Å². The third kappa shape index (κ3) is 3.66. The van der Waals surface area contributed by atoms with Gasteiger partial charge in [-0.2, -0.15) is 4.31 Å². The first-order valence-corrected chi connectivity index (χ1v) is 8.86. The topological polar surface area (TPSA) is 69.7 Å². The lowest BCUT2D eigenvalue weighted by atomic mass is 10.2. The average molecular weight is 325 g/mol. The van der Waals surface area contributed by atoms with Crippen molar-refractivity contribution >= 4 is 15.9 Å². The Morgan fingerprint density at radius 2 is 2.05 bits per heavy atom. The summed E-state index contributed by atoms with van der Waals surface area (Å²) in [7, 11) is -0.321. The van der Waals surface area contributed by atoms with Gasteiger partial charge in [0.25, 0.3) is 0 Å². The minimum Gasteiger partial charge on any atom is -0.337 e. The molecule has 1 aromatic rings. The molecule has 1 aromatic carbocycles. The molecule has 0 aliphatic carbocycles. The van der Waals surface area contributed by atoms with Gasteiger partial charge in [0, 0.05) is 26.2 Å². The first kappa shape index (κ1) is 16.9. The monoisotopic (exact) mass is 325 g/mol. The van der Waals surface area contributed by atoms with Crippen LogP contribution in [0.2, 0.25) is 0 Å². The second kappa shape index (κ2) is 7.21. The van der Waals surface area contributed by atoms with Crippen molar-refractivity contribution in [1.29, 1.82) is 0 Å². The molecule has 1 atom stereocenters. The fourth-order valence-corrected chi connectivity index (χ4v) is 3.89. The van der Waals surface area contributed by atoms with Crippen LogP contribution in [0, 0.1) is 0 Å². The Morgan fingerprint density at radius 3 is 2.68 bits per heavy atom. The molecule has 2 rings (SSSR count). The van der Waals surface area contributed by atoms with E-state index in [1.165, 1.54) is 19.2 Å². The highest BCUT2D eigenvalue weighted by atomic mass is 32.2. The van der Waals surface area contributed by atoms with Crippen LogP contribution < -0.4 is 5.32 Å². The second-order valence-electron chi connectivity index (χ2n) is 5.51. The summed E-state index contributed by atoms with van der Waals surface area (Å²) in [5.74, 6) is -0.139. The quantitative estimate of drug-likeness (QED) is 0.828. The van der Waals surface area contributed by atoms with Gasteiger partial charge >= 0.3 is 0 Å². The minimum absolute atomic E-state index is 0.128. The zero-order valence-electron chi connectivity index (χ0n) is 13.0. The van der Waals surface area contributed by atoms with Crippen LogP contribution in [0.1, 0.15) is 12.8 Å². The largest absolute Gasteiger partial charge is 0.337 e. The lowest BCUT2D eigenvalue weighted by Crippen LogP contribution is -2.46. The fourth-order valence-electron chi connectivity index (χ4n) is 2.75. The van der Waals surface area contributed by atoms with Gasteiger partial charge in [-0.25, -0.2) is 8.42 Å². The van der Waals surface area contributed by atoms with E-state index in [-0.39, 0.29) is 23.4 Å². The molecule has 1 saturated heterocycles. The van der Waals surface area contributed by atoms with Crippen LogP contribution in [0.15, 0.2) is 35.2 Å². The molecule has 122 valence electrons. The summed E-state index contributed by atoms with van der Waals surface area (Å²) < 4.78 is 26.0. The van der Waals surface area contributed by atoms with Gasteiger partial charge in [-0.15, -0.1) is 0 Å². The van der Waals surface area contributed by atoms with Gasteiger partial charge in [0.15, 0.2) is 0 Å². The molecule has 22 heavy (non-hydrogen) atoms. The van der Waals surface area contributed by atoms with Crippen molar-refractivity contribution in [3.63, 3.8) is 0 Å². The van der Waals surface area contributed by atoms with Crippen LogP contribution in [0.5, 0.6) is 0 Å². The second-order valence-corrected chi connectivity index (χ2v) is 7.56. The Morgan fingerprint density at radius 1 is 1.36 bits per heavy atom. The number of nitrogens with one attached hydrogen (secondary N) is 1. The van der Waals surface area contributed by atoms with Crippen molar-refractivity contribution in [3.05, 3.63) is 30.3 Å². The lowest BCUT2D eigenvalue weighted by molar-refractivity contribution is -0.131. The van der Waals surface area contributed by atoms with E-state index in [4.69, 9.17) is 0 Å². The van der Waals surface area contributed by atoms with Gasteiger partial charge in [-0.1, -0.05) is 18.2 Å². The Bertz CT molecular complexity index is 604. The first-order chi connectivity index (χ1) is 10.5. The predicted octanol–water partition coefficient (Wildman–Crippen LogP) is 0.518. The van der Waals surface area contributed by atoms with Crippen LogP contribution in [0.25, 0.3) is 0 Å². The zero-order chi connectivity index (χ0) is 16.2. The molecule has 1 amide bonds. The van der Waals surface area contributed by atoms with Crippen LogP contribution >= 0.6 is 0 Å². The molecular weight excluding hydrogens is 302 g/mol. The zero-order valence-corrected chi connectivity index (χ0v) is 13.8. The Labute approximate surface area is 132 Å². The number of carbonyl (C=O) groups excluding carboxylic acids is 1. The summed E-state index contributed by atoms with van der Waals surface area (Å²) in [5.41, 5.74) is 0. The third-order valence-corrected chi connectivity index (χ3v) is 5.76. The maximum atomic E-state index is 12.4. The van der Waals surface area contributed by atoms with Crippen molar-refractivity contribution in [1.82, 2.24) is 14.5 Å². The van der Waals surface area contributed by atoms with Gasteiger partial charge < -0.3 is 10.2 Å². The molecule has 1 unspecified atom stereocenters. The fraction of sp³-hybridized carbons (Fsp3) is 0.533. The third-order valence-electron chi connectivity index (χ3n) is 3.95. The van der Waals surface area contributed by atoms with Crippen molar-refractivity contribution in [2.24, 2.45) is 0 Å².